The van der Waals surface area contributed by atoms with Crippen molar-refractivity contribution >= 4 is 18.1 Å². The van der Waals surface area contributed by atoms with Gasteiger partial charge in [-0.05, 0) is 31.9 Å². The highest BCUT2D eigenvalue weighted by molar-refractivity contribution is 5.85. The van der Waals surface area contributed by atoms with Crippen molar-refractivity contribution in [1.29, 1.82) is 0 Å². The van der Waals surface area contributed by atoms with Crippen molar-refractivity contribution in [2.24, 2.45) is 11.7 Å². The number of nitrogens with two attached hydrogens (primary N) is 1. The van der Waals surface area contributed by atoms with Crippen molar-refractivity contribution in [3.05, 3.63) is 39.7 Å². The van der Waals surface area contributed by atoms with Crippen LogP contribution in [0.25, 0.3) is 0 Å². The van der Waals surface area contributed by atoms with Crippen molar-refractivity contribution in [1.82, 2.24) is 4.90 Å². The van der Waals surface area contributed by atoms with Gasteiger partial charge in [-0.1, -0.05) is 0 Å². The molecule has 1 aromatic rings. The van der Waals surface area contributed by atoms with Crippen molar-refractivity contribution in [2.45, 2.75) is 25.9 Å². The molecule has 1 aromatic carbocycles. The van der Waals surface area contributed by atoms with Crippen LogP contribution in [0.3, 0.4) is 0 Å². The van der Waals surface area contributed by atoms with Crippen LogP contribution < -0.4 is 5.73 Å². The Morgan fingerprint density at radius 1 is 1.55 bits per heavy atom. The summed E-state index contributed by atoms with van der Waals surface area (Å²) in [6.45, 7) is 4.07. The minimum Gasteiger partial charge on any atom is -0.330 e. The largest absolute Gasteiger partial charge is 0.330 e. The average Bonchev–Trinajstić information content (AvgIpc) is 2.72. The minimum absolute atomic E-state index is 0. The number of hydrogen-bond acceptors (Lipinski definition) is 4. The molecule has 2 N–H and O–H groups in total. The van der Waals surface area contributed by atoms with Crippen LogP contribution in [-0.2, 0) is 6.54 Å². The van der Waals surface area contributed by atoms with Crippen LogP contribution in [0.2, 0.25) is 0 Å². The number of hydrogen-bond donors (Lipinski definition) is 1. The molecule has 0 bridgehead atoms. The van der Waals surface area contributed by atoms with Crippen molar-refractivity contribution in [2.75, 3.05) is 13.1 Å². The lowest BCUT2D eigenvalue weighted by Gasteiger charge is -2.21. The molecule has 0 spiro atoms. The predicted octanol–water partition coefficient (Wildman–Crippen LogP) is 2.32. The number of likely N-dealkylation sites (tertiary alicyclic amines) is 1. The van der Waals surface area contributed by atoms with Crippen molar-refractivity contribution in [3.63, 3.8) is 0 Å². The van der Waals surface area contributed by atoms with E-state index >= 15 is 0 Å². The molecule has 112 valence electrons. The molecule has 2 rings (SSSR count). The number of nitro benzene ring substituents is 1. The summed E-state index contributed by atoms with van der Waals surface area (Å²) in [5, 5.41) is 10.6. The van der Waals surface area contributed by atoms with Gasteiger partial charge in [-0.3, -0.25) is 15.0 Å². The second-order valence-electron chi connectivity index (χ2n) is 5.15. The van der Waals surface area contributed by atoms with E-state index in [4.69, 9.17) is 5.73 Å². The molecule has 1 aliphatic heterocycles. The van der Waals surface area contributed by atoms with Crippen molar-refractivity contribution in [3.8, 4) is 0 Å². The van der Waals surface area contributed by atoms with Crippen LogP contribution in [0, 0.1) is 21.8 Å². The summed E-state index contributed by atoms with van der Waals surface area (Å²) in [6.07, 6.45) is 1.02. The van der Waals surface area contributed by atoms with E-state index in [9.17, 15) is 14.5 Å². The number of nitrogens with zero attached hydrogens (tertiary/aromatic N) is 2. The van der Waals surface area contributed by atoms with Gasteiger partial charge >= 0.3 is 0 Å². The summed E-state index contributed by atoms with van der Waals surface area (Å²) in [7, 11) is 0. The molecule has 0 amide bonds. The molecular weight excluding hydrogens is 285 g/mol. The number of halogens is 2. The monoisotopic (exact) mass is 303 g/mol. The van der Waals surface area contributed by atoms with E-state index in [1.165, 1.54) is 12.1 Å². The van der Waals surface area contributed by atoms with Crippen LogP contribution >= 0.6 is 12.4 Å². The fourth-order valence-electron chi connectivity index (χ4n) is 2.61. The lowest BCUT2D eigenvalue weighted by atomic mass is 10.1. The first kappa shape index (κ1) is 16.8. The van der Waals surface area contributed by atoms with E-state index in [0.29, 0.717) is 30.6 Å². The van der Waals surface area contributed by atoms with Crippen LogP contribution in [0.15, 0.2) is 18.2 Å². The van der Waals surface area contributed by atoms with Crippen LogP contribution in [0.1, 0.15) is 18.9 Å². The fourth-order valence-corrected chi connectivity index (χ4v) is 2.61. The van der Waals surface area contributed by atoms with Gasteiger partial charge in [0.05, 0.1) is 11.0 Å². The van der Waals surface area contributed by atoms with Gasteiger partial charge in [-0.25, -0.2) is 4.39 Å². The van der Waals surface area contributed by atoms with E-state index < -0.39 is 10.7 Å². The number of rotatable bonds is 4. The van der Waals surface area contributed by atoms with Crippen LogP contribution in [0.4, 0.5) is 10.1 Å². The Hall–Kier alpha value is -1.24. The molecule has 0 radical (unpaired) electrons. The van der Waals surface area contributed by atoms with Gasteiger partial charge in [0, 0.05) is 30.8 Å². The number of nitro groups is 1. The smallest absolute Gasteiger partial charge is 0.272 e. The second kappa shape index (κ2) is 6.97. The van der Waals surface area contributed by atoms with Gasteiger partial charge in [-0.15, -0.1) is 12.4 Å². The normalized spacial score (nSPS) is 22.6. The Kier molecular flexibility index (Phi) is 5.86. The van der Waals surface area contributed by atoms with E-state index in [1.807, 2.05) is 0 Å². The van der Waals surface area contributed by atoms with Gasteiger partial charge in [-0.2, -0.15) is 0 Å². The average molecular weight is 304 g/mol. The highest BCUT2D eigenvalue weighted by Crippen LogP contribution is 2.25. The zero-order valence-corrected chi connectivity index (χ0v) is 12.1. The molecule has 7 heteroatoms. The van der Waals surface area contributed by atoms with Gasteiger partial charge < -0.3 is 5.73 Å². The summed E-state index contributed by atoms with van der Waals surface area (Å²) in [4.78, 5) is 12.1. The van der Waals surface area contributed by atoms with E-state index in [0.717, 1.165) is 19.0 Å². The third kappa shape index (κ3) is 3.65. The summed E-state index contributed by atoms with van der Waals surface area (Å²) in [5.74, 6) is -0.0614. The van der Waals surface area contributed by atoms with Crippen LogP contribution in [-0.4, -0.2) is 29.0 Å². The van der Waals surface area contributed by atoms with Crippen LogP contribution in [0.5, 0.6) is 0 Å². The Bertz CT molecular complexity index is 487. The molecular formula is C13H19ClFN3O2. The standard InChI is InChI=1S/C13H18FN3O2.ClH/c1-9-4-10(6-15)7-16(9)8-11-2-3-12(17(18)19)5-13(11)14;/h2-3,5,9-10H,4,6-8,15H2,1H3;1H. The fraction of sp³-hybridized carbons (Fsp3) is 0.538. The molecule has 2 atom stereocenters. The molecule has 2 unspecified atom stereocenters. The first-order valence-electron chi connectivity index (χ1n) is 6.38. The predicted molar refractivity (Wildman–Crippen MR) is 77.3 cm³/mol. The third-order valence-corrected chi connectivity index (χ3v) is 3.74. The molecule has 0 aromatic heterocycles. The van der Waals surface area contributed by atoms with E-state index in [-0.39, 0.29) is 18.1 Å². The number of benzene rings is 1. The summed E-state index contributed by atoms with van der Waals surface area (Å²) < 4.78 is 13.8. The zero-order valence-electron chi connectivity index (χ0n) is 11.3. The molecule has 1 saturated heterocycles. The van der Waals surface area contributed by atoms with E-state index in [1.54, 1.807) is 0 Å². The topological polar surface area (TPSA) is 72.4 Å². The lowest BCUT2D eigenvalue weighted by Crippen LogP contribution is -2.27. The van der Waals surface area contributed by atoms with E-state index in [2.05, 4.69) is 11.8 Å². The molecule has 5 nitrogen and oxygen atoms in total. The maximum absolute atomic E-state index is 13.8. The Labute approximate surface area is 123 Å². The van der Waals surface area contributed by atoms with Gasteiger partial charge in [0.25, 0.3) is 5.69 Å². The minimum atomic E-state index is -0.588. The highest BCUT2D eigenvalue weighted by atomic mass is 35.5. The lowest BCUT2D eigenvalue weighted by molar-refractivity contribution is -0.385. The van der Waals surface area contributed by atoms with Gasteiger partial charge in [0.15, 0.2) is 0 Å². The first-order valence-corrected chi connectivity index (χ1v) is 6.38. The Morgan fingerprint density at radius 2 is 2.25 bits per heavy atom. The molecule has 1 fully saturated rings. The highest BCUT2D eigenvalue weighted by Gasteiger charge is 2.28. The Morgan fingerprint density at radius 3 is 2.75 bits per heavy atom. The molecule has 0 aliphatic carbocycles. The molecule has 0 saturated carbocycles. The van der Waals surface area contributed by atoms with Gasteiger partial charge in [0.2, 0.25) is 0 Å². The maximum atomic E-state index is 13.8. The Balaban J connectivity index is 0.00000200. The third-order valence-electron chi connectivity index (χ3n) is 3.74. The summed E-state index contributed by atoms with van der Waals surface area (Å²) >= 11 is 0. The quantitative estimate of drug-likeness (QED) is 0.684. The first-order chi connectivity index (χ1) is 9.01. The summed E-state index contributed by atoms with van der Waals surface area (Å²) in [6, 6.07) is 4.19. The molecule has 1 aliphatic rings. The second-order valence-corrected chi connectivity index (χ2v) is 5.15. The molecule has 20 heavy (non-hydrogen) atoms. The maximum Gasteiger partial charge on any atom is 0.272 e. The molecule has 1 heterocycles. The van der Waals surface area contributed by atoms with Gasteiger partial charge in [0.1, 0.15) is 5.82 Å². The number of non-ortho nitro benzene ring substituents is 1. The van der Waals surface area contributed by atoms with Crippen molar-refractivity contribution < 1.29 is 9.31 Å². The SMILES string of the molecule is CC1CC(CN)CN1Cc1ccc([N+](=O)[O-])cc1F.Cl. The zero-order chi connectivity index (χ0) is 14.0. The summed E-state index contributed by atoms with van der Waals surface area (Å²) in [5.41, 5.74) is 5.94.